The van der Waals surface area contributed by atoms with Crippen LogP contribution in [0.5, 0.6) is 5.75 Å². The van der Waals surface area contributed by atoms with Crippen molar-refractivity contribution in [2.45, 2.75) is 51.7 Å². The predicted molar refractivity (Wildman–Crippen MR) is 118 cm³/mol. The number of nitrogens with zero attached hydrogens (tertiary/aromatic N) is 3. The second-order valence-electron chi connectivity index (χ2n) is 8.26. The number of likely N-dealkylation sites (tertiary alicyclic amines) is 1. The molecule has 0 radical (unpaired) electrons. The van der Waals surface area contributed by atoms with E-state index >= 15 is 0 Å². The van der Waals surface area contributed by atoms with Gasteiger partial charge in [-0.3, -0.25) is 10.4 Å². The number of hydrazine groups is 1. The summed E-state index contributed by atoms with van der Waals surface area (Å²) in [4.78, 5) is 18.9. The molecule has 162 valence electrons. The van der Waals surface area contributed by atoms with Crippen LogP contribution in [0.3, 0.4) is 0 Å². The zero-order valence-corrected chi connectivity index (χ0v) is 18.4. The number of anilines is 1. The van der Waals surface area contributed by atoms with E-state index in [1.165, 1.54) is 5.01 Å². The smallest absolute Gasteiger partial charge is 0.410 e. The molecule has 2 aromatic rings. The number of nitrogens with two attached hydrogens (primary N) is 1. The number of piperidine rings is 1. The molecule has 1 aromatic carbocycles. The molecule has 2 heterocycles. The highest BCUT2D eigenvalue weighted by molar-refractivity contribution is 7.09. The maximum atomic E-state index is 12.4. The highest BCUT2D eigenvalue weighted by atomic mass is 32.1. The van der Waals surface area contributed by atoms with Crippen LogP contribution in [0, 0.1) is 5.41 Å². The van der Waals surface area contributed by atoms with Crippen LogP contribution in [0.1, 0.15) is 50.2 Å². The van der Waals surface area contributed by atoms with E-state index in [0.717, 1.165) is 36.4 Å². The molecule has 0 bridgehead atoms. The molecule has 0 aliphatic carbocycles. The average molecular weight is 432 g/mol. The molecule has 3 rings (SSSR count). The SMILES string of the molecule is CC(C)(C)OC(=O)N1CCCC(c2nc(COc3ccc(N(N)C=N)cc3)cs2)C1. The van der Waals surface area contributed by atoms with Crippen LogP contribution in [-0.4, -0.2) is 41.0 Å². The number of amides is 1. The average Bonchev–Trinajstić information content (AvgIpc) is 3.20. The first-order valence-corrected chi connectivity index (χ1v) is 10.8. The topological polar surface area (TPSA) is 105 Å². The first kappa shape index (κ1) is 22.0. The molecule has 1 aromatic heterocycles. The molecule has 1 aliphatic rings. The third-order valence-corrected chi connectivity index (χ3v) is 5.71. The highest BCUT2D eigenvalue weighted by Crippen LogP contribution is 2.30. The molecule has 30 heavy (non-hydrogen) atoms. The van der Waals surface area contributed by atoms with Crippen LogP contribution in [0.25, 0.3) is 0 Å². The number of nitrogens with one attached hydrogen (secondary N) is 1. The predicted octanol–water partition coefficient (Wildman–Crippen LogP) is 4.12. The van der Waals surface area contributed by atoms with E-state index in [1.54, 1.807) is 28.4 Å². The summed E-state index contributed by atoms with van der Waals surface area (Å²) in [6.07, 6.45) is 2.74. The zero-order valence-electron chi connectivity index (χ0n) is 17.6. The number of thiazole rings is 1. The zero-order chi connectivity index (χ0) is 21.7. The Labute approximate surface area is 181 Å². The summed E-state index contributed by atoms with van der Waals surface area (Å²) in [6.45, 7) is 7.37. The van der Waals surface area contributed by atoms with Gasteiger partial charge < -0.3 is 14.4 Å². The summed E-state index contributed by atoms with van der Waals surface area (Å²) < 4.78 is 11.3. The number of hydrogen-bond acceptors (Lipinski definition) is 7. The maximum absolute atomic E-state index is 12.4. The fraction of sp³-hybridized carbons (Fsp3) is 0.476. The first-order valence-electron chi connectivity index (χ1n) is 9.95. The molecule has 1 amide bonds. The third-order valence-electron chi connectivity index (χ3n) is 4.65. The van der Waals surface area contributed by atoms with E-state index < -0.39 is 5.60 Å². The van der Waals surface area contributed by atoms with Crippen LogP contribution < -0.4 is 15.6 Å². The lowest BCUT2D eigenvalue weighted by Crippen LogP contribution is -2.42. The van der Waals surface area contributed by atoms with Crippen molar-refractivity contribution in [3.05, 3.63) is 40.3 Å². The molecular weight excluding hydrogens is 402 g/mol. The van der Waals surface area contributed by atoms with Gasteiger partial charge in [0.15, 0.2) is 0 Å². The number of aromatic nitrogens is 1. The van der Waals surface area contributed by atoms with Gasteiger partial charge in [0.1, 0.15) is 24.3 Å². The second-order valence-corrected chi connectivity index (χ2v) is 9.15. The number of carbonyl (C=O) groups is 1. The van der Waals surface area contributed by atoms with Crippen molar-refractivity contribution in [3.8, 4) is 5.75 Å². The van der Waals surface area contributed by atoms with Gasteiger partial charge in [0.25, 0.3) is 0 Å². The van der Waals surface area contributed by atoms with Crippen LogP contribution in [0.15, 0.2) is 29.6 Å². The number of benzene rings is 1. The normalized spacial score (nSPS) is 16.8. The molecule has 8 nitrogen and oxygen atoms in total. The van der Waals surface area contributed by atoms with E-state index in [1.807, 2.05) is 38.3 Å². The molecule has 1 atom stereocenters. The number of rotatable bonds is 6. The number of carbonyl (C=O) groups excluding carboxylic acids is 1. The Bertz CT molecular complexity index is 862. The van der Waals surface area contributed by atoms with Crippen molar-refractivity contribution in [1.29, 1.82) is 5.41 Å². The monoisotopic (exact) mass is 431 g/mol. The van der Waals surface area contributed by atoms with E-state index in [-0.39, 0.29) is 12.0 Å². The summed E-state index contributed by atoms with van der Waals surface area (Å²) in [5, 5.41) is 11.4. The first-order chi connectivity index (χ1) is 14.2. The Morgan fingerprint density at radius 2 is 2.13 bits per heavy atom. The van der Waals surface area contributed by atoms with Crippen LogP contribution in [0.2, 0.25) is 0 Å². The molecule has 1 unspecified atom stereocenters. The summed E-state index contributed by atoms with van der Waals surface area (Å²) in [7, 11) is 0. The summed E-state index contributed by atoms with van der Waals surface area (Å²) in [5.74, 6) is 6.58. The van der Waals surface area contributed by atoms with E-state index in [2.05, 4.69) is 0 Å². The minimum absolute atomic E-state index is 0.223. The van der Waals surface area contributed by atoms with Crippen molar-refractivity contribution >= 4 is 29.5 Å². The number of ether oxygens (including phenoxy) is 2. The van der Waals surface area contributed by atoms with Gasteiger partial charge in [-0.25, -0.2) is 15.6 Å². The lowest BCUT2D eigenvalue weighted by atomic mass is 9.99. The minimum Gasteiger partial charge on any atom is -0.487 e. The van der Waals surface area contributed by atoms with E-state index in [9.17, 15) is 4.79 Å². The third kappa shape index (κ3) is 5.93. The van der Waals surface area contributed by atoms with Gasteiger partial charge in [-0.15, -0.1) is 11.3 Å². The molecule has 0 spiro atoms. The standard InChI is InChI=1S/C21H29N5O3S/c1-21(2,3)29-20(27)25-10-4-5-15(11-25)19-24-16(13-30-19)12-28-18-8-6-17(7-9-18)26(23)14-22/h6-9,13-15,22H,4-5,10-12,23H2,1-3H3. The maximum Gasteiger partial charge on any atom is 0.410 e. The fourth-order valence-electron chi connectivity index (χ4n) is 3.19. The van der Waals surface area contributed by atoms with Gasteiger partial charge in [0.2, 0.25) is 0 Å². The molecule has 1 aliphatic heterocycles. The molecule has 1 fully saturated rings. The van der Waals surface area contributed by atoms with Crippen molar-refractivity contribution in [3.63, 3.8) is 0 Å². The quantitative estimate of drug-likeness (QED) is 0.308. The van der Waals surface area contributed by atoms with E-state index in [0.29, 0.717) is 24.6 Å². The summed E-state index contributed by atoms with van der Waals surface area (Å²) >= 11 is 1.61. The Morgan fingerprint density at radius 3 is 2.80 bits per heavy atom. The van der Waals surface area contributed by atoms with Gasteiger partial charge in [0, 0.05) is 24.4 Å². The Kier molecular flexibility index (Phi) is 6.94. The van der Waals surface area contributed by atoms with Gasteiger partial charge in [-0.2, -0.15) is 0 Å². The molecule has 9 heteroatoms. The molecule has 0 saturated carbocycles. The Hall–Kier alpha value is -2.65. The summed E-state index contributed by atoms with van der Waals surface area (Å²) in [6, 6.07) is 7.21. The molecular formula is C21H29N5O3S. The van der Waals surface area contributed by atoms with Gasteiger partial charge in [-0.1, -0.05) is 0 Å². The second kappa shape index (κ2) is 9.44. The number of hydrogen-bond donors (Lipinski definition) is 2. The van der Waals surface area contributed by atoms with Crippen molar-refractivity contribution in [2.75, 3.05) is 18.1 Å². The van der Waals surface area contributed by atoms with Gasteiger partial charge in [0.05, 0.1) is 16.4 Å². The minimum atomic E-state index is -0.490. The highest BCUT2D eigenvalue weighted by Gasteiger charge is 2.29. The van der Waals surface area contributed by atoms with Gasteiger partial charge >= 0.3 is 6.09 Å². The van der Waals surface area contributed by atoms with Crippen LogP contribution in [-0.2, 0) is 11.3 Å². The van der Waals surface area contributed by atoms with Crippen molar-refractivity contribution in [2.24, 2.45) is 5.84 Å². The van der Waals surface area contributed by atoms with Crippen molar-refractivity contribution in [1.82, 2.24) is 9.88 Å². The Balaban J connectivity index is 1.55. The lowest BCUT2D eigenvalue weighted by molar-refractivity contribution is 0.0198. The lowest BCUT2D eigenvalue weighted by Gasteiger charge is -2.33. The van der Waals surface area contributed by atoms with Crippen LogP contribution >= 0.6 is 11.3 Å². The Morgan fingerprint density at radius 1 is 1.40 bits per heavy atom. The molecule has 3 N–H and O–H groups in total. The van der Waals surface area contributed by atoms with E-state index in [4.69, 9.17) is 25.7 Å². The molecule has 1 saturated heterocycles. The van der Waals surface area contributed by atoms with Crippen molar-refractivity contribution < 1.29 is 14.3 Å². The summed E-state index contributed by atoms with van der Waals surface area (Å²) in [5.41, 5.74) is 1.09. The fourth-order valence-corrected chi connectivity index (χ4v) is 4.13. The largest absolute Gasteiger partial charge is 0.487 e. The van der Waals surface area contributed by atoms with Gasteiger partial charge in [-0.05, 0) is 57.9 Å². The van der Waals surface area contributed by atoms with Crippen LogP contribution in [0.4, 0.5) is 10.5 Å².